The van der Waals surface area contributed by atoms with Gasteiger partial charge in [0.1, 0.15) is 5.01 Å². The number of nitrogens with one attached hydrogen (secondary N) is 2. The van der Waals surface area contributed by atoms with Gasteiger partial charge < -0.3 is 10.1 Å². The number of carbonyl (C=O) groups is 3. The Morgan fingerprint density at radius 3 is 2.83 bits per heavy atom. The fourth-order valence-corrected chi connectivity index (χ4v) is 3.33. The van der Waals surface area contributed by atoms with E-state index in [0.29, 0.717) is 12.2 Å². The maximum Gasteiger partial charge on any atom is 0.321 e. The van der Waals surface area contributed by atoms with Crippen molar-refractivity contribution >= 4 is 40.6 Å². The molecule has 0 saturated heterocycles. The molecule has 2 rings (SSSR count). The van der Waals surface area contributed by atoms with Gasteiger partial charge in [-0.15, -0.1) is 22.7 Å². The molecule has 0 fully saturated rings. The fraction of sp³-hybridized carbons (Fsp3) is 0.333. The van der Waals surface area contributed by atoms with Crippen molar-refractivity contribution in [3.63, 3.8) is 0 Å². The van der Waals surface area contributed by atoms with Crippen LogP contribution < -0.4 is 10.6 Å². The monoisotopic (exact) mass is 367 g/mol. The number of carbonyl (C=O) groups excluding carboxylic acids is 3. The molecule has 0 aliphatic heterocycles. The number of aromatic nitrogens is 1. The molecule has 2 N–H and O–H groups in total. The molecule has 7 nitrogen and oxygen atoms in total. The van der Waals surface area contributed by atoms with Gasteiger partial charge in [0.05, 0.1) is 17.0 Å². The lowest BCUT2D eigenvalue weighted by molar-refractivity contribution is -0.147. The van der Waals surface area contributed by atoms with Gasteiger partial charge in [-0.05, 0) is 17.9 Å². The number of amides is 3. The van der Waals surface area contributed by atoms with Crippen molar-refractivity contribution in [2.45, 2.75) is 19.8 Å². The number of thiazole rings is 1. The summed E-state index contributed by atoms with van der Waals surface area (Å²) in [5.74, 6) is -1.24. The standard InChI is InChI=1S/C15H17N3O4S2/c1-2-5-16-15(21)18-12(19)8-22-13(20)7-10-9-24-14(17-10)11-4-3-6-23-11/h3-4,6,9H,2,5,7-8H2,1H3,(H2,16,18,19,21). The van der Waals surface area contributed by atoms with Crippen LogP contribution in [0.4, 0.5) is 4.79 Å². The van der Waals surface area contributed by atoms with E-state index in [-0.39, 0.29) is 6.42 Å². The second-order valence-corrected chi connectivity index (χ2v) is 6.57. The number of ether oxygens (including phenoxy) is 1. The number of thiophene rings is 1. The van der Waals surface area contributed by atoms with Crippen molar-refractivity contribution in [1.29, 1.82) is 0 Å². The van der Waals surface area contributed by atoms with Gasteiger partial charge in [0.2, 0.25) is 0 Å². The summed E-state index contributed by atoms with van der Waals surface area (Å²) < 4.78 is 4.85. The average molecular weight is 367 g/mol. The first-order chi connectivity index (χ1) is 11.6. The number of hydrogen-bond acceptors (Lipinski definition) is 7. The zero-order valence-electron chi connectivity index (χ0n) is 13.0. The maximum atomic E-state index is 11.7. The lowest BCUT2D eigenvalue weighted by atomic mass is 10.3. The average Bonchev–Trinajstić information content (AvgIpc) is 3.22. The highest BCUT2D eigenvalue weighted by Gasteiger charge is 2.13. The Hall–Kier alpha value is -2.26. The topological polar surface area (TPSA) is 97.4 Å². The van der Waals surface area contributed by atoms with Gasteiger partial charge in [0, 0.05) is 11.9 Å². The van der Waals surface area contributed by atoms with E-state index >= 15 is 0 Å². The second kappa shape index (κ2) is 9.14. The van der Waals surface area contributed by atoms with Crippen molar-refractivity contribution in [2.24, 2.45) is 0 Å². The van der Waals surface area contributed by atoms with E-state index in [1.807, 2.05) is 24.4 Å². The van der Waals surface area contributed by atoms with Crippen LogP contribution in [0.25, 0.3) is 9.88 Å². The van der Waals surface area contributed by atoms with Crippen molar-refractivity contribution in [2.75, 3.05) is 13.2 Å². The first-order valence-electron chi connectivity index (χ1n) is 7.30. The van der Waals surface area contributed by atoms with Crippen molar-refractivity contribution < 1.29 is 19.1 Å². The molecule has 2 aromatic heterocycles. The maximum absolute atomic E-state index is 11.7. The van der Waals surface area contributed by atoms with E-state index < -0.39 is 24.5 Å². The van der Waals surface area contributed by atoms with Crippen LogP contribution >= 0.6 is 22.7 Å². The summed E-state index contributed by atoms with van der Waals surface area (Å²) in [7, 11) is 0. The molecule has 0 unspecified atom stereocenters. The van der Waals surface area contributed by atoms with Gasteiger partial charge in [-0.2, -0.15) is 0 Å². The second-order valence-electron chi connectivity index (χ2n) is 4.76. The Morgan fingerprint density at radius 2 is 2.12 bits per heavy atom. The molecule has 0 saturated carbocycles. The first kappa shape index (κ1) is 18.1. The van der Waals surface area contributed by atoms with Crippen LogP contribution in [-0.2, 0) is 20.7 Å². The summed E-state index contributed by atoms with van der Waals surface area (Å²) in [6.45, 7) is 1.86. The minimum Gasteiger partial charge on any atom is -0.455 e. The smallest absolute Gasteiger partial charge is 0.321 e. The van der Waals surface area contributed by atoms with E-state index in [1.165, 1.54) is 11.3 Å². The molecule has 9 heteroatoms. The van der Waals surface area contributed by atoms with Crippen LogP contribution in [0.1, 0.15) is 19.0 Å². The number of hydrogen-bond donors (Lipinski definition) is 2. The third-order valence-corrected chi connectivity index (χ3v) is 4.69. The highest BCUT2D eigenvalue weighted by Crippen LogP contribution is 2.27. The Kier molecular flexibility index (Phi) is 6.89. The summed E-state index contributed by atoms with van der Waals surface area (Å²) in [6, 6.07) is 3.29. The summed E-state index contributed by atoms with van der Waals surface area (Å²) in [6.07, 6.45) is 0.745. The largest absolute Gasteiger partial charge is 0.455 e. The minimum atomic E-state index is -0.672. The van der Waals surface area contributed by atoms with E-state index in [9.17, 15) is 14.4 Å². The highest BCUT2D eigenvalue weighted by atomic mass is 32.1. The minimum absolute atomic E-state index is 0.0167. The summed E-state index contributed by atoms with van der Waals surface area (Å²) in [4.78, 5) is 39.9. The molecule has 0 bridgehead atoms. The van der Waals surface area contributed by atoms with Gasteiger partial charge in [0.15, 0.2) is 6.61 Å². The third-order valence-electron chi connectivity index (χ3n) is 2.76. The van der Waals surface area contributed by atoms with Gasteiger partial charge in [-0.25, -0.2) is 9.78 Å². The lowest BCUT2D eigenvalue weighted by Gasteiger charge is -2.06. The Bertz CT molecular complexity index is 697. The van der Waals surface area contributed by atoms with Crippen LogP contribution in [0.5, 0.6) is 0 Å². The normalized spacial score (nSPS) is 10.2. The Balaban J connectivity index is 1.73. The first-order valence-corrected chi connectivity index (χ1v) is 9.06. The summed E-state index contributed by atoms with van der Waals surface area (Å²) in [5.41, 5.74) is 0.592. The summed E-state index contributed by atoms with van der Waals surface area (Å²) >= 11 is 3.02. The molecule has 0 spiro atoms. The molecule has 0 aliphatic carbocycles. The van der Waals surface area contributed by atoms with Gasteiger partial charge in [-0.1, -0.05) is 13.0 Å². The van der Waals surface area contributed by atoms with E-state index in [1.54, 1.807) is 16.7 Å². The zero-order valence-corrected chi connectivity index (χ0v) is 14.7. The van der Waals surface area contributed by atoms with Crippen LogP contribution in [0.2, 0.25) is 0 Å². The molecule has 0 aliphatic rings. The summed E-state index contributed by atoms with van der Waals surface area (Å²) in [5, 5.41) is 9.16. The number of rotatable bonds is 7. The lowest BCUT2D eigenvalue weighted by Crippen LogP contribution is -2.41. The number of imide groups is 1. The van der Waals surface area contributed by atoms with Crippen LogP contribution in [0, 0.1) is 0 Å². The fourth-order valence-electron chi connectivity index (χ4n) is 1.69. The molecular weight excluding hydrogens is 350 g/mol. The van der Waals surface area contributed by atoms with Crippen molar-refractivity contribution in [3.8, 4) is 9.88 Å². The molecule has 0 aromatic carbocycles. The highest BCUT2D eigenvalue weighted by molar-refractivity contribution is 7.20. The third kappa shape index (κ3) is 5.74. The number of esters is 1. The van der Waals surface area contributed by atoms with Gasteiger partial charge in [-0.3, -0.25) is 14.9 Å². The van der Waals surface area contributed by atoms with Gasteiger partial charge >= 0.3 is 12.0 Å². The molecule has 0 atom stereocenters. The van der Waals surface area contributed by atoms with Gasteiger partial charge in [0.25, 0.3) is 5.91 Å². The molecule has 2 aromatic rings. The Morgan fingerprint density at radius 1 is 1.29 bits per heavy atom. The predicted octanol–water partition coefficient (Wildman–Crippen LogP) is 2.19. The molecule has 3 amide bonds. The van der Waals surface area contributed by atoms with Crippen LogP contribution in [-0.4, -0.2) is 36.0 Å². The number of urea groups is 1. The van der Waals surface area contributed by atoms with Crippen molar-refractivity contribution in [1.82, 2.24) is 15.6 Å². The molecule has 2 heterocycles. The van der Waals surface area contributed by atoms with Crippen LogP contribution in [0.3, 0.4) is 0 Å². The Labute approximate surface area is 147 Å². The van der Waals surface area contributed by atoms with Crippen molar-refractivity contribution in [3.05, 3.63) is 28.6 Å². The van der Waals surface area contributed by atoms with E-state index in [0.717, 1.165) is 16.3 Å². The molecule has 0 radical (unpaired) electrons. The quantitative estimate of drug-likeness (QED) is 0.731. The van der Waals surface area contributed by atoms with Crippen LogP contribution in [0.15, 0.2) is 22.9 Å². The number of nitrogens with zero attached hydrogens (tertiary/aromatic N) is 1. The SMILES string of the molecule is CCCNC(=O)NC(=O)COC(=O)Cc1csc(-c2cccs2)n1. The molecule has 24 heavy (non-hydrogen) atoms. The molecule has 128 valence electrons. The predicted molar refractivity (Wildman–Crippen MR) is 91.9 cm³/mol. The van der Waals surface area contributed by atoms with E-state index in [2.05, 4.69) is 15.6 Å². The molecular formula is C15H17N3O4S2. The zero-order chi connectivity index (χ0) is 17.4. The van der Waals surface area contributed by atoms with E-state index in [4.69, 9.17) is 4.74 Å².